The molecule has 0 bridgehead atoms. The fraction of sp³-hybridized carbons (Fsp3) is 0.923. The summed E-state index contributed by atoms with van der Waals surface area (Å²) < 4.78 is 15.9. The number of methoxy groups -OCH3 is 1. The Morgan fingerprint density at radius 2 is 2.06 bits per heavy atom. The van der Waals surface area contributed by atoms with Crippen LogP contribution < -0.4 is 0 Å². The fourth-order valence-electron chi connectivity index (χ4n) is 2.56. The lowest BCUT2D eigenvalue weighted by atomic mass is 10.1. The summed E-state index contributed by atoms with van der Waals surface area (Å²) in [6, 6.07) is 0. The van der Waals surface area contributed by atoms with Crippen LogP contribution in [-0.2, 0) is 19.0 Å². The molecule has 0 aliphatic carbocycles. The molecule has 104 valence electrons. The molecule has 1 unspecified atom stereocenters. The molecule has 0 saturated carbocycles. The minimum atomic E-state index is -0.0437. The van der Waals surface area contributed by atoms with E-state index in [2.05, 4.69) is 4.90 Å². The highest BCUT2D eigenvalue weighted by molar-refractivity contribution is 5.71. The quantitative estimate of drug-likeness (QED) is 0.521. The summed E-state index contributed by atoms with van der Waals surface area (Å²) in [5, 5.41) is 0. The number of cyclic esters (lactones) is 1. The Morgan fingerprint density at radius 3 is 2.67 bits per heavy atom. The van der Waals surface area contributed by atoms with Gasteiger partial charge in [-0.1, -0.05) is 0 Å². The first kappa shape index (κ1) is 13.8. The predicted molar refractivity (Wildman–Crippen MR) is 66.4 cm³/mol. The first-order valence-electron chi connectivity index (χ1n) is 6.80. The van der Waals surface area contributed by atoms with Crippen LogP contribution in [0, 0.1) is 0 Å². The molecule has 5 heteroatoms. The number of likely N-dealkylation sites (tertiary alicyclic amines) is 1. The van der Waals surface area contributed by atoms with E-state index in [1.165, 1.54) is 0 Å². The SMILES string of the molecule is COCCOC1CCN(CC2CCC(=O)O2)CC1. The topological polar surface area (TPSA) is 48.0 Å². The third-order valence-electron chi connectivity index (χ3n) is 3.61. The van der Waals surface area contributed by atoms with E-state index in [-0.39, 0.29) is 12.1 Å². The Labute approximate surface area is 108 Å². The maximum Gasteiger partial charge on any atom is 0.306 e. The predicted octanol–water partition coefficient (Wildman–Crippen LogP) is 0.819. The molecule has 2 aliphatic rings. The Kier molecular flexibility index (Phi) is 5.41. The van der Waals surface area contributed by atoms with Crippen molar-refractivity contribution in [2.24, 2.45) is 0 Å². The van der Waals surface area contributed by atoms with E-state index < -0.39 is 0 Å². The smallest absolute Gasteiger partial charge is 0.306 e. The average molecular weight is 257 g/mol. The molecule has 0 N–H and O–H groups in total. The molecule has 0 amide bonds. The van der Waals surface area contributed by atoms with Crippen LogP contribution >= 0.6 is 0 Å². The van der Waals surface area contributed by atoms with Crippen molar-refractivity contribution in [2.75, 3.05) is 40.0 Å². The van der Waals surface area contributed by atoms with Gasteiger partial charge in [0.05, 0.1) is 19.3 Å². The first-order valence-corrected chi connectivity index (χ1v) is 6.80. The molecule has 2 heterocycles. The van der Waals surface area contributed by atoms with Gasteiger partial charge in [-0.05, 0) is 19.3 Å². The van der Waals surface area contributed by atoms with E-state index in [0.29, 0.717) is 25.7 Å². The molecule has 0 aromatic heterocycles. The van der Waals surface area contributed by atoms with Crippen LogP contribution in [0.4, 0.5) is 0 Å². The molecule has 2 fully saturated rings. The van der Waals surface area contributed by atoms with Crippen LogP contribution in [0.2, 0.25) is 0 Å². The molecule has 5 nitrogen and oxygen atoms in total. The molecule has 0 radical (unpaired) electrons. The molecule has 1 atom stereocenters. The third kappa shape index (κ3) is 4.23. The minimum absolute atomic E-state index is 0.0437. The van der Waals surface area contributed by atoms with E-state index in [4.69, 9.17) is 14.2 Å². The number of esters is 1. The zero-order valence-corrected chi connectivity index (χ0v) is 11.1. The zero-order valence-electron chi connectivity index (χ0n) is 11.1. The highest BCUT2D eigenvalue weighted by Crippen LogP contribution is 2.18. The monoisotopic (exact) mass is 257 g/mol. The van der Waals surface area contributed by atoms with Gasteiger partial charge >= 0.3 is 5.97 Å². The number of carbonyl (C=O) groups is 1. The van der Waals surface area contributed by atoms with Gasteiger partial charge in [0.25, 0.3) is 0 Å². The van der Waals surface area contributed by atoms with Gasteiger partial charge in [-0.2, -0.15) is 0 Å². The van der Waals surface area contributed by atoms with E-state index >= 15 is 0 Å². The lowest BCUT2D eigenvalue weighted by Gasteiger charge is -2.32. The second-order valence-corrected chi connectivity index (χ2v) is 5.01. The number of hydrogen-bond donors (Lipinski definition) is 0. The molecule has 0 spiro atoms. The molecule has 2 saturated heterocycles. The van der Waals surface area contributed by atoms with E-state index in [1.54, 1.807) is 7.11 Å². The van der Waals surface area contributed by atoms with Gasteiger partial charge in [-0.25, -0.2) is 0 Å². The number of carbonyl (C=O) groups excluding carboxylic acids is 1. The number of rotatable bonds is 6. The molecule has 18 heavy (non-hydrogen) atoms. The van der Waals surface area contributed by atoms with Gasteiger partial charge in [0, 0.05) is 33.2 Å². The van der Waals surface area contributed by atoms with Crippen LogP contribution in [0.1, 0.15) is 25.7 Å². The standard InChI is InChI=1S/C13H23NO4/c1-16-8-9-17-11-4-6-14(7-5-11)10-12-2-3-13(15)18-12/h11-12H,2-10H2,1H3. The van der Waals surface area contributed by atoms with E-state index in [9.17, 15) is 4.79 Å². The van der Waals surface area contributed by atoms with Crippen LogP contribution in [0.15, 0.2) is 0 Å². The molecule has 2 aliphatic heterocycles. The maximum absolute atomic E-state index is 11.0. The largest absolute Gasteiger partial charge is 0.461 e. The number of nitrogens with zero attached hydrogens (tertiary/aromatic N) is 1. The molecule has 2 rings (SSSR count). The van der Waals surface area contributed by atoms with Gasteiger partial charge in [0.2, 0.25) is 0 Å². The summed E-state index contributed by atoms with van der Waals surface area (Å²) in [6.45, 7) is 4.30. The summed E-state index contributed by atoms with van der Waals surface area (Å²) in [4.78, 5) is 13.4. The van der Waals surface area contributed by atoms with Gasteiger partial charge in [0.15, 0.2) is 0 Å². The molecular weight excluding hydrogens is 234 g/mol. The van der Waals surface area contributed by atoms with Gasteiger partial charge in [-0.15, -0.1) is 0 Å². The lowest BCUT2D eigenvalue weighted by molar-refractivity contribution is -0.142. The fourth-order valence-corrected chi connectivity index (χ4v) is 2.56. The average Bonchev–Trinajstić information content (AvgIpc) is 2.77. The third-order valence-corrected chi connectivity index (χ3v) is 3.61. The summed E-state index contributed by atoms with van der Waals surface area (Å²) in [5.74, 6) is -0.0437. The van der Waals surface area contributed by atoms with Crippen molar-refractivity contribution in [3.05, 3.63) is 0 Å². The van der Waals surface area contributed by atoms with Crippen LogP contribution in [-0.4, -0.2) is 63.0 Å². The highest BCUT2D eigenvalue weighted by atomic mass is 16.5. The van der Waals surface area contributed by atoms with Crippen molar-refractivity contribution < 1.29 is 19.0 Å². The highest BCUT2D eigenvalue weighted by Gasteiger charge is 2.27. The van der Waals surface area contributed by atoms with Crippen molar-refractivity contribution in [3.8, 4) is 0 Å². The number of hydrogen-bond acceptors (Lipinski definition) is 5. The first-order chi connectivity index (χ1) is 8.78. The summed E-state index contributed by atoms with van der Waals surface area (Å²) >= 11 is 0. The molecule has 0 aromatic carbocycles. The van der Waals surface area contributed by atoms with Crippen molar-refractivity contribution >= 4 is 5.97 Å². The Hall–Kier alpha value is -0.650. The van der Waals surface area contributed by atoms with Crippen molar-refractivity contribution in [1.82, 2.24) is 4.90 Å². The van der Waals surface area contributed by atoms with Crippen LogP contribution in [0.25, 0.3) is 0 Å². The summed E-state index contributed by atoms with van der Waals surface area (Å²) in [7, 11) is 1.69. The Balaban J connectivity index is 1.59. The zero-order chi connectivity index (χ0) is 12.8. The normalized spacial score (nSPS) is 26.5. The van der Waals surface area contributed by atoms with Crippen molar-refractivity contribution in [2.45, 2.75) is 37.9 Å². The Bertz CT molecular complexity index is 264. The summed E-state index contributed by atoms with van der Waals surface area (Å²) in [6.07, 6.45) is 4.06. The van der Waals surface area contributed by atoms with Crippen LogP contribution in [0.3, 0.4) is 0 Å². The Morgan fingerprint density at radius 1 is 1.28 bits per heavy atom. The van der Waals surface area contributed by atoms with Gasteiger partial charge in [-0.3, -0.25) is 9.69 Å². The maximum atomic E-state index is 11.0. The van der Waals surface area contributed by atoms with Crippen LogP contribution in [0.5, 0.6) is 0 Å². The van der Waals surface area contributed by atoms with Gasteiger partial charge < -0.3 is 14.2 Å². The van der Waals surface area contributed by atoms with Crippen molar-refractivity contribution in [1.29, 1.82) is 0 Å². The molecular formula is C13H23NO4. The van der Waals surface area contributed by atoms with E-state index in [0.717, 1.165) is 38.9 Å². The lowest BCUT2D eigenvalue weighted by Crippen LogP contribution is -2.41. The number of ether oxygens (including phenoxy) is 3. The summed E-state index contributed by atoms with van der Waals surface area (Å²) in [5.41, 5.74) is 0. The van der Waals surface area contributed by atoms with E-state index in [1.807, 2.05) is 0 Å². The molecule has 0 aromatic rings. The number of piperidine rings is 1. The van der Waals surface area contributed by atoms with Gasteiger partial charge in [0.1, 0.15) is 6.10 Å². The van der Waals surface area contributed by atoms with Crippen molar-refractivity contribution in [3.63, 3.8) is 0 Å². The second-order valence-electron chi connectivity index (χ2n) is 5.01. The second kappa shape index (κ2) is 7.07. The minimum Gasteiger partial charge on any atom is -0.461 e.